The van der Waals surface area contributed by atoms with E-state index < -0.39 is 11.7 Å². The fourth-order valence-electron chi connectivity index (χ4n) is 3.28. The highest BCUT2D eigenvalue weighted by Crippen LogP contribution is 2.21. The minimum absolute atomic E-state index is 0.0682. The number of aryl methyl sites for hydroxylation is 1. The molecule has 0 bridgehead atoms. The Labute approximate surface area is 174 Å². The van der Waals surface area contributed by atoms with Gasteiger partial charge in [0.05, 0.1) is 10.6 Å². The molecule has 0 N–H and O–H groups in total. The summed E-state index contributed by atoms with van der Waals surface area (Å²) in [6.07, 6.45) is 0.270. The Morgan fingerprint density at radius 1 is 0.931 bits per heavy atom. The highest BCUT2D eigenvalue weighted by Gasteiger charge is 2.27. The molecule has 152 valence electrons. The van der Waals surface area contributed by atoms with Gasteiger partial charge in [0.25, 0.3) is 5.91 Å². The minimum Gasteiger partial charge on any atom is -0.339 e. The van der Waals surface area contributed by atoms with E-state index in [2.05, 4.69) is 0 Å². The van der Waals surface area contributed by atoms with Crippen molar-refractivity contribution in [2.24, 2.45) is 0 Å². The van der Waals surface area contributed by atoms with Crippen molar-refractivity contribution in [2.45, 2.75) is 19.8 Å². The Hall–Kier alpha value is -2.73. The highest BCUT2D eigenvalue weighted by atomic mass is 35.5. The summed E-state index contributed by atoms with van der Waals surface area (Å²) in [4.78, 5) is 40.4. The zero-order valence-corrected chi connectivity index (χ0v) is 16.9. The summed E-state index contributed by atoms with van der Waals surface area (Å²) in [5, 5.41) is 0.0723. The molecule has 7 heteroatoms. The van der Waals surface area contributed by atoms with Crippen molar-refractivity contribution in [3.05, 3.63) is 70.0 Å². The van der Waals surface area contributed by atoms with Crippen LogP contribution in [0.1, 0.15) is 39.1 Å². The van der Waals surface area contributed by atoms with Crippen molar-refractivity contribution >= 4 is 29.2 Å². The number of halogens is 2. The minimum atomic E-state index is -0.657. The average Bonchev–Trinajstić information content (AvgIpc) is 2.72. The number of Topliss-reactive ketones (excluding diaryl/α,β-unsaturated/α-hetero) is 1. The van der Waals surface area contributed by atoms with Crippen molar-refractivity contribution < 1.29 is 18.8 Å². The predicted octanol–water partition coefficient (Wildman–Crippen LogP) is 3.74. The Morgan fingerprint density at radius 3 is 2.17 bits per heavy atom. The Morgan fingerprint density at radius 2 is 1.55 bits per heavy atom. The quantitative estimate of drug-likeness (QED) is 0.698. The first kappa shape index (κ1) is 21.0. The lowest BCUT2D eigenvalue weighted by Gasteiger charge is -2.35. The highest BCUT2D eigenvalue weighted by molar-refractivity contribution is 6.33. The number of carbonyl (C=O) groups excluding carboxylic acids is 3. The molecule has 3 rings (SSSR count). The Bertz CT molecular complexity index is 902. The molecule has 0 aromatic heterocycles. The number of piperazine rings is 1. The zero-order chi connectivity index (χ0) is 21.0. The topological polar surface area (TPSA) is 57.7 Å². The molecular weight excluding hydrogens is 395 g/mol. The van der Waals surface area contributed by atoms with Crippen LogP contribution >= 0.6 is 11.6 Å². The summed E-state index contributed by atoms with van der Waals surface area (Å²) in [5.74, 6) is -1.33. The van der Waals surface area contributed by atoms with E-state index in [9.17, 15) is 18.8 Å². The second-order valence-electron chi connectivity index (χ2n) is 7.06. The molecule has 0 unspecified atom stereocenters. The lowest BCUT2D eigenvalue weighted by atomic mass is 10.0. The molecule has 1 heterocycles. The molecule has 5 nitrogen and oxygen atoms in total. The molecule has 2 aromatic carbocycles. The normalized spacial score (nSPS) is 14.0. The second kappa shape index (κ2) is 9.18. The summed E-state index contributed by atoms with van der Waals surface area (Å²) in [6.45, 7) is 3.22. The third-order valence-electron chi connectivity index (χ3n) is 5.04. The smallest absolute Gasteiger partial charge is 0.258 e. The number of ketones is 1. The monoisotopic (exact) mass is 416 g/mol. The van der Waals surface area contributed by atoms with Gasteiger partial charge in [0.2, 0.25) is 5.91 Å². The van der Waals surface area contributed by atoms with Crippen LogP contribution in [0.5, 0.6) is 0 Å². The third-order valence-corrected chi connectivity index (χ3v) is 5.35. The maximum atomic E-state index is 14.0. The molecule has 0 aliphatic carbocycles. The molecule has 1 saturated heterocycles. The van der Waals surface area contributed by atoms with Crippen molar-refractivity contribution in [3.8, 4) is 0 Å². The van der Waals surface area contributed by atoms with E-state index in [4.69, 9.17) is 11.6 Å². The first-order valence-electron chi connectivity index (χ1n) is 9.47. The van der Waals surface area contributed by atoms with Crippen LogP contribution in [-0.2, 0) is 4.79 Å². The maximum Gasteiger partial charge on any atom is 0.258 e. The van der Waals surface area contributed by atoms with Crippen LogP contribution in [-0.4, -0.2) is 53.6 Å². The van der Waals surface area contributed by atoms with E-state index >= 15 is 0 Å². The van der Waals surface area contributed by atoms with Gasteiger partial charge in [-0.25, -0.2) is 4.39 Å². The van der Waals surface area contributed by atoms with Crippen molar-refractivity contribution in [3.63, 3.8) is 0 Å². The summed E-state index contributed by atoms with van der Waals surface area (Å²) in [5.41, 5.74) is 1.53. The summed E-state index contributed by atoms with van der Waals surface area (Å²) in [7, 11) is 0. The number of carbonyl (C=O) groups is 3. The Kier molecular flexibility index (Phi) is 6.64. The zero-order valence-electron chi connectivity index (χ0n) is 16.2. The standard InChI is InChI=1S/C22H22ClFN2O3/c1-15-5-7-16(8-6-15)19(27)9-10-20(28)25-11-13-26(14-12-25)22(29)21-17(23)3-2-4-18(21)24/h2-8H,9-14H2,1H3. The third kappa shape index (κ3) is 5.01. The van der Waals surface area contributed by atoms with Gasteiger partial charge in [0, 0.05) is 44.6 Å². The van der Waals surface area contributed by atoms with Gasteiger partial charge in [-0.1, -0.05) is 47.5 Å². The first-order valence-corrected chi connectivity index (χ1v) is 9.85. The van der Waals surface area contributed by atoms with Gasteiger partial charge in [-0.15, -0.1) is 0 Å². The molecule has 1 aliphatic rings. The van der Waals surface area contributed by atoms with Crippen LogP contribution in [0, 0.1) is 12.7 Å². The van der Waals surface area contributed by atoms with Gasteiger partial charge in [-0.05, 0) is 19.1 Å². The van der Waals surface area contributed by atoms with Gasteiger partial charge in [0.1, 0.15) is 5.82 Å². The second-order valence-corrected chi connectivity index (χ2v) is 7.47. The van der Waals surface area contributed by atoms with Gasteiger partial charge in [-0.3, -0.25) is 14.4 Å². The maximum absolute atomic E-state index is 14.0. The van der Waals surface area contributed by atoms with Crippen LogP contribution < -0.4 is 0 Å². The fraction of sp³-hybridized carbons (Fsp3) is 0.318. The molecule has 0 spiro atoms. The molecule has 1 fully saturated rings. The summed E-state index contributed by atoms with van der Waals surface area (Å²) < 4.78 is 14.0. The lowest BCUT2D eigenvalue weighted by Crippen LogP contribution is -2.50. The van der Waals surface area contributed by atoms with Crippen LogP contribution in [0.3, 0.4) is 0 Å². The molecule has 29 heavy (non-hydrogen) atoms. The Balaban J connectivity index is 1.51. The molecule has 1 aliphatic heterocycles. The van der Waals surface area contributed by atoms with Gasteiger partial charge >= 0.3 is 0 Å². The van der Waals surface area contributed by atoms with E-state index in [0.717, 1.165) is 5.56 Å². The first-order chi connectivity index (χ1) is 13.9. The number of nitrogens with zero attached hydrogens (tertiary/aromatic N) is 2. The number of rotatable bonds is 5. The predicted molar refractivity (Wildman–Crippen MR) is 109 cm³/mol. The van der Waals surface area contributed by atoms with E-state index in [-0.39, 0.29) is 35.1 Å². The molecule has 0 radical (unpaired) electrons. The van der Waals surface area contributed by atoms with Crippen molar-refractivity contribution in [1.29, 1.82) is 0 Å². The average molecular weight is 417 g/mol. The summed E-state index contributed by atoms with van der Waals surface area (Å²) in [6, 6.07) is 11.4. The van der Waals surface area contributed by atoms with E-state index in [0.29, 0.717) is 31.7 Å². The van der Waals surface area contributed by atoms with E-state index in [1.807, 2.05) is 19.1 Å². The van der Waals surface area contributed by atoms with E-state index in [1.165, 1.54) is 23.1 Å². The fourth-order valence-corrected chi connectivity index (χ4v) is 3.53. The van der Waals surface area contributed by atoms with Crippen molar-refractivity contribution in [1.82, 2.24) is 9.80 Å². The number of hydrogen-bond acceptors (Lipinski definition) is 3. The number of hydrogen-bond donors (Lipinski definition) is 0. The number of amides is 2. The van der Waals surface area contributed by atoms with Crippen LogP contribution in [0.2, 0.25) is 5.02 Å². The van der Waals surface area contributed by atoms with Crippen LogP contribution in [0.4, 0.5) is 4.39 Å². The number of benzene rings is 2. The SMILES string of the molecule is Cc1ccc(C(=O)CCC(=O)N2CCN(C(=O)c3c(F)cccc3Cl)CC2)cc1. The lowest BCUT2D eigenvalue weighted by molar-refractivity contribution is -0.132. The van der Waals surface area contributed by atoms with Gasteiger partial charge in [0.15, 0.2) is 5.78 Å². The molecule has 0 atom stereocenters. The van der Waals surface area contributed by atoms with Crippen LogP contribution in [0.15, 0.2) is 42.5 Å². The molecule has 0 saturated carbocycles. The summed E-state index contributed by atoms with van der Waals surface area (Å²) >= 11 is 5.97. The molecule has 2 aromatic rings. The molecule has 2 amide bonds. The van der Waals surface area contributed by atoms with Crippen molar-refractivity contribution in [2.75, 3.05) is 26.2 Å². The largest absolute Gasteiger partial charge is 0.339 e. The van der Waals surface area contributed by atoms with Crippen LogP contribution in [0.25, 0.3) is 0 Å². The van der Waals surface area contributed by atoms with Gasteiger partial charge in [-0.2, -0.15) is 0 Å². The van der Waals surface area contributed by atoms with Gasteiger partial charge < -0.3 is 9.80 Å². The molecular formula is C22H22ClFN2O3. The van der Waals surface area contributed by atoms with E-state index in [1.54, 1.807) is 17.0 Å².